The lowest BCUT2D eigenvalue weighted by atomic mass is 10.2. The summed E-state index contributed by atoms with van der Waals surface area (Å²) >= 11 is 1.49. The van der Waals surface area contributed by atoms with Gasteiger partial charge in [0.05, 0.1) is 11.1 Å². The predicted molar refractivity (Wildman–Crippen MR) is 86.1 cm³/mol. The van der Waals surface area contributed by atoms with Crippen LogP contribution >= 0.6 is 11.3 Å². The molecule has 2 heterocycles. The molecule has 0 saturated heterocycles. The smallest absolute Gasteiger partial charge is 0.325 e. The maximum absolute atomic E-state index is 13.4. The number of esters is 1. The third kappa shape index (κ3) is 4.27. The van der Waals surface area contributed by atoms with Gasteiger partial charge in [0.1, 0.15) is 12.4 Å². The van der Waals surface area contributed by atoms with Crippen LogP contribution in [0.2, 0.25) is 0 Å². The molecule has 128 valence electrons. The Hall–Kier alpha value is -3.07. The van der Waals surface area contributed by atoms with E-state index in [0.29, 0.717) is 5.89 Å². The second-order valence-corrected chi connectivity index (χ2v) is 5.63. The monoisotopic (exact) mass is 361 g/mol. The number of nitrogens with one attached hydrogen (secondary N) is 1. The zero-order valence-electron chi connectivity index (χ0n) is 12.8. The summed E-state index contributed by atoms with van der Waals surface area (Å²) in [5, 5.41) is 9.71. The second kappa shape index (κ2) is 7.67. The molecular weight excluding hydrogens is 349 g/mol. The Morgan fingerprint density at radius 3 is 2.88 bits per heavy atom. The van der Waals surface area contributed by atoms with E-state index in [4.69, 9.17) is 9.26 Å². The van der Waals surface area contributed by atoms with Crippen molar-refractivity contribution in [3.05, 3.63) is 58.3 Å². The van der Waals surface area contributed by atoms with Gasteiger partial charge in [-0.1, -0.05) is 17.3 Å². The molecule has 0 fully saturated rings. The molecule has 1 amide bonds. The number of amides is 1. The van der Waals surface area contributed by atoms with E-state index in [1.807, 2.05) is 16.8 Å². The van der Waals surface area contributed by atoms with Crippen LogP contribution in [0.5, 0.6) is 0 Å². The molecule has 3 rings (SSSR count). The van der Waals surface area contributed by atoms with Crippen molar-refractivity contribution in [2.24, 2.45) is 0 Å². The zero-order valence-corrected chi connectivity index (χ0v) is 13.6. The molecule has 25 heavy (non-hydrogen) atoms. The minimum absolute atomic E-state index is 0.145. The van der Waals surface area contributed by atoms with Crippen LogP contribution in [0.3, 0.4) is 0 Å². The Labute approximate surface area is 145 Å². The SMILES string of the molecule is O=C(CNC(=O)c1ccccc1F)OCc1noc(-c2ccsc2)n1. The second-order valence-electron chi connectivity index (χ2n) is 4.85. The van der Waals surface area contributed by atoms with Crippen LogP contribution in [-0.4, -0.2) is 28.6 Å². The van der Waals surface area contributed by atoms with E-state index in [-0.39, 0.29) is 18.0 Å². The highest BCUT2D eigenvalue weighted by Crippen LogP contribution is 2.19. The molecule has 1 N–H and O–H groups in total. The molecule has 0 saturated carbocycles. The van der Waals surface area contributed by atoms with E-state index < -0.39 is 24.2 Å². The van der Waals surface area contributed by atoms with Gasteiger partial charge in [-0.25, -0.2) is 4.39 Å². The van der Waals surface area contributed by atoms with E-state index in [0.717, 1.165) is 11.6 Å². The molecule has 2 aromatic heterocycles. The average Bonchev–Trinajstić information content (AvgIpc) is 3.29. The molecule has 9 heteroatoms. The molecule has 0 aliphatic rings. The Bertz CT molecular complexity index is 879. The van der Waals surface area contributed by atoms with Crippen molar-refractivity contribution in [1.82, 2.24) is 15.5 Å². The number of hydrogen-bond donors (Lipinski definition) is 1. The van der Waals surface area contributed by atoms with Crippen LogP contribution < -0.4 is 5.32 Å². The minimum atomic E-state index is -0.702. The summed E-state index contributed by atoms with van der Waals surface area (Å²) in [5.41, 5.74) is 0.640. The van der Waals surface area contributed by atoms with E-state index in [1.54, 1.807) is 0 Å². The number of benzene rings is 1. The normalized spacial score (nSPS) is 10.4. The van der Waals surface area contributed by atoms with Crippen LogP contribution in [0.1, 0.15) is 16.2 Å². The highest BCUT2D eigenvalue weighted by molar-refractivity contribution is 7.08. The summed E-state index contributed by atoms with van der Waals surface area (Å²) in [6, 6.07) is 7.30. The third-order valence-corrected chi connectivity index (χ3v) is 3.79. The molecular formula is C16H12FN3O4S. The van der Waals surface area contributed by atoms with Gasteiger partial charge in [0.15, 0.2) is 6.61 Å². The number of rotatable bonds is 6. The molecule has 3 aromatic rings. The first-order chi connectivity index (χ1) is 12.1. The maximum atomic E-state index is 13.4. The van der Waals surface area contributed by atoms with Crippen LogP contribution in [-0.2, 0) is 16.1 Å². The van der Waals surface area contributed by atoms with Gasteiger partial charge in [0, 0.05) is 5.38 Å². The van der Waals surface area contributed by atoms with Gasteiger partial charge in [0.25, 0.3) is 11.8 Å². The van der Waals surface area contributed by atoms with Crippen LogP contribution in [0.4, 0.5) is 4.39 Å². The van der Waals surface area contributed by atoms with Crippen molar-refractivity contribution in [3.8, 4) is 11.5 Å². The average molecular weight is 361 g/mol. The van der Waals surface area contributed by atoms with Crippen molar-refractivity contribution >= 4 is 23.2 Å². The number of hydrogen-bond acceptors (Lipinski definition) is 7. The Morgan fingerprint density at radius 1 is 1.28 bits per heavy atom. The molecule has 0 unspecified atom stereocenters. The van der Waals surface area contributed by atoms with E-state index >= 15 is 0 Å². The third-order valence-electron chi connectivity index (χ3n) is 3.11. The molecule has 0 spiro atoms. The van der Waals surface area contributed by atoms with E-state index in [1.165, 1.54) is 29.5 Å². The molecule has 7 nitrogen and oxygen atoms in total. The van der Waals surface area contributed by atoms with Crippen molar-refractivity contribution in [2.75, 3.05) is 6.54 Å². The van der Waals surface area contributed by atoms with Crippen LogP contribution in [0.25, 0.3) is 11.5 Å². The highest BCUT2D eigenvalue weighted by atomic mass is 32.1. The Balaban J connectivity index is 1.47. The van der Waals surface area contributed by atoms with Gasteiger partial charge in [-0.05, 0) is 23.6 Å². The highest BCUT2D eigenvalue weighted by Gasteiger charge is 2.14. The lowest BCUT2D eigenvalue weighted by Crippen LogP contribution is -2.31. The van der Waals surface area contributed by atoms with Gasteiger partial charge in [-0.15, -0.1) is 0 Å². The van der Waals surface area contributed by atoms with Gasteiger partial charge in [-0.2, -0.15) is 16.3 Å². The van der Waals surface area contributed by atoms with Gasteiger partial charge in [0.2, 0.25) is 5.82 Å². The minimum Gasteiger partial charge on any atom is -0.456 e. The first-order valence-corrected chi connectivity index (χ1v) is 8.11. The summed E-state index contributed by atoms with van der Waals surface area (Å²) in [6.07, 6.45) is 0. The number of ether oxygens (including phenoxy) is 1. The first-order valence-electron chi connectivity index (χ1n) is 7.17. The van der Waals surface area contributed by atoms with E-state index in [2.05, 4.69) is 15.5 Å². The van der Waals surface area contributed by atoms with Crippen molar-refractivity contribution in [2.45, 2.75) is 6.61 Å². The molecule has 0 radical (unpaired) electrons. The van der Waals surface area contributed by atoms with Gasteiger partial charge >= 0.3 is 5.97 Å². The van der Waals surface area contributed by atoms with Crippen LogP contribution in [0.15, 0.2) is 45.6 Å². The predicted octanol–water partition coefficient (Wildman–Crippen LogP) is 2.41. The molecule has 0 atom stereocenters. The zero-order chi connectivity index (χ0) is 17.6. The fourth-order valence-electron chi connectivity index (χ4n) is 1.91. The standard InChI is InChI=1S/C16H12FN3O4S/c17-12-4-2-1-3-11(12)15(22)18-7-14(21)23-8-13-19-16(24-20-13)10-5-6-25-9-10/h1-6,9H,7-8H2,(H,18,22). The quantitative estimate of drug-likeness (QED) is 0.678. The Kier molecular flexibility index (Phi) is 5.14. The summed E-state index contributed by atoms with van der Waals surface area (Å²) in [6.45, 7) is -0.593. The Morgan fingerprint density at radius 2 is 2.12 bits per heavy atom. The number of nitrogens with zero attached hydrogens (tertiary/aromatic N) is 2. The molecule has 0 bridgehead atoms. The molecule has 0 aliphatic carbocycles. The number of carbonyl (C=O) groups is 2. The number of carbonyl (C=O) groups excluding carboxylic acids is 2. The lowest BCUT2D eigenvalue weighted by Gasteiger charge is -2.05. The van der Waals surface area contributed by atoms with Gasteiger partial charge < -0.3 is 14.6 Å². The topological polar surface area (TPSA) is 94.3 Å². The summed E-state index contributed by atoms with van der Waals surface area (Å²) < 4.78 is 23.4. The number of aromatic nitrogens is 2. The van der Waals surface area contributed by atoms with E-state index in [9.17, 15) is 14.0 Å². The van der Waals surface area contributed by atoms with Crippen molar-refractivity contribution in [3.63, 3.8) is 0 Å². The molecule has 1 aromatic carbocycles. The lowest BCUT2D eigenvalue weighted by molar-refractivity contribution is -0.143. The van der Waals surface area contributed by atoms with Crippen molar-refractivity contribution < 1.29 is 23.2 Å². The van der Waals surface area contributed by atoms with Gasteiger partial charge in [-0.3, -0.25) is 9.59 Å². The largest absolute Gasteiger partial charge is 0.456 e. The molecule has 0 aliphatic heterocycles. The summed E-state index contributed by atoms with van der Waals surface area (Å²) in [4.78, 5) is 27.5. The summed E-state index contributed by atoms with van der Waals surface area (Å²) in [7, 11) is 0. The van der Waals surface area contributed by atoms with Crippen LogP contribution in [0, 0.1) is 5.82 Å². The summed E-state index contributed by atoms with van der Waals surface area (Å²) in [5.74, 6) is -1.53. The maximum Gasteiger partial charge on any atom is 0.325 e. The number of halogens is 1. The number of thiophene rings is 1. The fraction of sp³-hybridized carbons (Fsp3) is 0.125. The first kappa shape index (κ1) is 16.8. The van der Waals surface area contributed by atoms with Crippen molar-refractivity contribution in [1.29, 1.82) is 0 Å². The fourth-order valence-corrected chi connectivity index (χ4v) is 2.53.